The molecule has 1 aromatic rings. The van der Waals surface area contributed by atoms with Gasteiger partial charge in [-0.25, -0.2) is 4.79 Å². The van der Waals surface area contributed by atoms with Gasteiger partial charge in [0, 0.05) is 18.0 Å². The molecule has 0 atom stereocenters. The van der Waals surface area contributed by atoms with E-state index < -0.39 is 24.5 Å². The van der Waals surface area contributed by atoms with E-state index in [4.69, 9.17) is 17.0 Å². The van der Waals surface area contributed by atoms with Crippen LogP contribution in [0.5, 0.6) is 0 Å². The number of thiocarbonyl (C=S) groups is 1. The number of carbonyl (C=O) groups is 3. The number of nitrogens with one attached hydrogen (secondary N) is 2. The minimum Gasteiger partial charge on any atom is -0.455 e. The maximum Gasteiger partial charge on any atom is 0.321 e. The molecule has 3 amide bonds. The van der Waals surface area contributed by atoms with Crippen molar-refractivity contribution in [3.05, 3.63) is 22.4 Å². The summed E-state index contributed by atoms with van der Waals surface area (Å²) in [5.74, 6) is -0.463. The number of likely N-dealkylation sites (tertiary alicyclic amines) is 1. The van der Waals surface area contributed by atoms with Gasteiger partial charge in [0.2, 0.25) is 0 Å². The number of urea groups is 1. The van der Waals surface area contributed by atoms with Gasteiger partial charge in [0.1, 0.15) is 4.32 Å². The smallest absolute Gasteiger partial charge is 0.321 e. The van der Waals surface area contributed by atoms with Crippen LogP contribution in [0.2, 0.25) is 0 Å². The van der Waals surface area contributed by atoms with Crippen LogP contribution in [0.25, 0.3) is 0 Å². The normalized spacial score (nSPS) is 14.5. The fourth-order valence-corrected chi connectivity index (χ4v) is 4.07. The van der Waals surface area contributed by atoms with Crippen molar-refractivity contribution in [2.45, 2.75) is 26.3 Å². The summed E-state index contributed by atoms with van der Waals surface area (Å²) in [7, 11) is 0. The van der Waals surface area contributed by atoms with E-state index in [1.54, 1.807) is 0 Å². The van der Waals surface area contributed by atoms with Crippen LogP contribution in [0.4, 0.5) is 4.79 Å². The second-order valence-corrected chi connectivity index (χ2v) is 8.84. The molecule has 0 spiro atoms. The molecular weight excluding hydrogens is 406 g/mol. The van der Waals surface area contributed by atoms with Gasteiger partial charge >= 0.3 is 12.0 Å². The van der Waals surface area contributed by atoms with Crippen LogP contribution < -0.4 is 10.6 Å². The summed E-state index contributed by atoms with van der Waals surface area (Å²) in [6.07, 6.45) is 2.19. The summed E-state index contributed by atoms with van der Waals surface area (Å²) in [6.45, 7) is 3.87. The molecule has 0 radical (unpaired) electrons. The van der Waals surface area contributed by atoms with Crippen molar-refractivity contribution < 1.29 is 19.1 Å². The number of imide groups is 1. The highest BCUT2D eigenvalue weighted by molar-refractivity contribution is 8.23. The van der Waals surface area contributed by atoms with Crippen molar-refractivity contribution in [2.24, 2.45) is 5.92 Å². The van der Waals surface area contributed by atoms with Crippen molar-refractivity contribution in [1.29, 1.82) is 0 Å². The van der Waals surface area contributed by atoms with Gasteiger partial charge in [-0.2, -0.15) is 0 Å². The number of thioether (sulfide) groups is 1. The highest BCUT2D eigenvalue weighted by Crippen LogP contribution is 2.20. The lowest BCUT2D eigenvalue weighted by Crippen LogP contribution is -2.41. The fraction of sp³-hybridized carbons (Fsp3) is 0.529. The highest BCUT2D eigenvalue weighted by Gasteiger charge is 2.19. The Labute approximate surface area is 172 Å². The third-order valence-corrected chi connectivity index (χ3v) is 6.35. The molecule has 27 heavy (non-hydrogen) atoms. The zero-order chi connectivity index (χ0) is 19.6. The number of amides is 3. The Morgan fingerprint density at radius 2 is 2.11 bits per heavy atom. The van der Waals surface area contributed by atoms with Crippen molar-refractivity contribution in [3.8, 4) is 0 Å². The minimum absolute atomic E-state index is 0.0444. The van der Waals surface area contributed by atoms with E-state index in [-0.39, 0.29) is 5.75 Å². The van der Waals surface area contributed by atoms with Gasteiger partial charge in [0.05, 0.1) is 12.3 Å². The fourth-order valence-electron chi connectivity index (χ4n) is 2.38. The van der Waals surface area contributed by atoms with Crippen LogP contribution in [0.3, 0.4) is 0 Å². The second-order valence-electron chi connectivity index (χ2n) is 6.20. The molecule has 0 aromatic carbocycles. The predicted molar refractivity (Wildman–Crippen MR) is 111 cm³/mol. The van der Waals surface area contributed by atoms with Gasteiger partial charge in [0.15, 0.2) is 6.61 Å². The quantitative estimate of drug-likeness (QED) is 0.530. The number of rotatable bonds is 6. The molecule has 2 rings (SSSR count). The SMILES string of the molecule is CC1CCN(C(=S)SCC(=O)OCC(=O)NC(=O)NCc2cccs2)CC1. The first-order chi connectivity index (χ1) is 12.9. The highest BCUT2D eigenvalue weighted by atomic mass is 32.2. The van der Waals surface area contributed by atoms with E-state index in [2.05, 4.69) is 22.5 Å². The van der Waals surface area contributed by atoms with E-state index in [0.29, 0.717) is 16.8 Å². The van der Waals surface area contributed by atoms with Crippen LogP contribution in [-0.2, 0) is 20.9 Å². The van der Waals surface area contributed by atoms with Gasteiger partial charge in [-0.1, -0.05) is 37.0 Å². The molecule has 7 nitrogen and oxygen atoms in total. The van der Waals surface area contributed by atoms with Crippen LogP contribution in [-0.4, -0.2) is 52.6 Å². The Morgan fingerprint density at radius 3 is 2.78 bits per heavy atom. The van der Waals surface area contributed by atoms with Gasteiger partial charge < -0.3 is 15.0 Å². The number of hydrogen-bond acceptors (Lipinski definition) is 7. The standard InChI is InChI=1S/C17H23N3O4S3/c1-12-4-6-20(7-5-12)17(25)27-11-15(22)24-10-14(21)19-16(23)18-9-13-3-2-8-26-13/h2-3,8,12H,4-7,9-11H2,1H3,(H2,18,19,21,23). The Kier molecular flexibility index (Phi) is 9.02. The summed E-state index contributed by atoms with van der Waals surface area (Å²) in [5.41, 5.74) is 0. The minimum atomic E-state index is -0.676. The lowest BCUT2D eigenvalue weighted by molar-refractivity contribution is -0.145. The number of ether oxygens (including phenoxy) is 1. The Morgan fingerprint density at radius 1 is 1.37 bits per heavy atom. The Hall–Kier alpha value is -1.65. The van der Waals surface area contributed by atoms with E-state index >= 15 is 0 Å². The largest absolute Gasteiger partial charge is 0.455 e. The molecule has 148 valence electrons. The number of esters is 1. The summed E-state index contributed by atoms with van der Waals surface area (Å²) < 4.78 is 5.56. The molecule has 0 bridgehead atoms. The maximum absolute atomic E-state index is 11.8. The third-order valence-electron chi connectivity index (χ3n) is 3.98. The molecule has 1 saturated heterocycles. The lowest BCUT2D eigenvalue weighted by atomic mass is 10.00. The number of nitrogens with zero attached hydrogens (tertiary/aromatic N) is 1. The van der Waals surface area contributed by atoms with E-state index in [9.17, 15) is 14.4 Å². The second kappa shape index (κ2) is 11.3. The van der Waals surface area contributed by atoms with E-state index in [1.165, 1.54) is 23.1 Å². The van der Waals surface area contributed by atoms with Crippen molar-refractivity contribution in [3.63, 3.8) is 0 Å². The summed E-state index contributed by atoms with van der Waals surface area (Å²) in [6, 6.07) is 3.13. The molecule has 1 aliphatic heterocycles. The number of piperidine rings is 1. The van der Waals surface area contributed by atoms with Gasteiger partial charge in [-0.15, -0.1) is 11.3 Å². The molecule has 0 unspecified atom stereocenters. The average molecular weight is 430 g/mol. The first kappa shape index (κ1) is 21.6. The van der Waals surface area contributed by atoms with E-state index in [0.717, 1.165) is 30.8 Å². The van der Waals surface area contributed by atoms with E-state index in [1.807, 2.05) is 17.5 Å². The molecule has 1 aliphatic rings. The number of hydrogen-bond donors (Lipinski definition) is 2. The molecule has 1 fully saturated rings. The molecular formula is C17H23N3O4S3. The molecule has 10 heteroatoms. The number of thiophene rings is 1. The zero-order valence-corrected chi connectivity index (χ0v) is 17.5. The zero-order valence-electron chi connectivity index (χ0n) is 15.1. The Bertz CT molecular complexity index is 658. The van der Waals surface area contributed by atoms with Crippen LogP contribution in [0, 0.1) is 5.92 Å². The van der Waals surface area contributed by atoms with Gasteiger partial charge in [-0.05, 0) is 30.2 Å². The summed E-state index contributed by atoms with van der Waals surface area (Å²) in [5, 5.41) is 6.57. The van der Waals surface area contributed by atoms with Crippen LogP contribution >= 0.6 is 35.3 Å². The monoisotopic (exact) mass is 429 g/mol. The molecule has 1 aromatic heterocycles. The molecule has 2 heterocycles. The molecule has 0 aliphatic carbocycles. The lowest BCUT2D eigenvalue weighted by Gasteiger charge is -2.31. The first-order valence-corrected chi connectivity index (χ1v) is 10.9. The summed E-state index contributed by atoms with van der Waals surface area (Å²) in [4.78, 5) is 38.1. The third kappa shape index (κ3) is 8.27. The van der Waals surface area contributed by atoms with Crippen LogP contribution in [0.15, 0.2) is 17.5 Å². The average Bonchev–Trinajstić information content (AvgIpc) is 3.17. The maximum atomic E-state index is 11.8. The van der Waals surface area contributed by atoms with Crippen molar-refractivity contribution in [1.82, 2.24) is 15.5 Å². The predicted octanol–water partition coefficient (Wildman–Crippen LogP) is 2.37. The van der Waals surface area contributed by atoms with Crippen molar-refractivity contribution in [2.75, 3.05) is 25.4 Å². The first-order valence-electron chi connectivity index (χ1n) is 8.61. The van der Waals surface area contributed by atoms with Gasteiger partial charge in [0.25, 0.3) is 5.91 Å². The topological polar surface area (TPSA) is 87.7 Å². The van der Waals surface area contributed by atoms with Gasteiger partial charge in [-0.3, -0.25) is 14.9 Å². The summed E-state index contributed by atoms with van der Waals surface area (Å²) >= 11 is 8.08. The van der Waals surface area contributed by atoms with Crippen LogP contribution in [0.1, 0.15) is 24.6 Å². The molecule has 2 N–H and O–H groups in total. The molecule has 0 saturated carbocycles. The number of carbonyl (C=O) groups excluding carboxylic acids is 3. The van der Waals surface area contributed by atoms with Crippen molar-refractivity contribution >= 4 is 57.5 Å². The Balaban J connectivity index is 1.56.